The summed E-state index contributed by atoms with van der Waals surface area (Å²) >= 11 is 0. The zero-order valence-electron chi connectivity index (χ0n) is 9.13. The van der Waals surface area contributed by atoms with E-state index < -0.39 is 11.9 Å². The molecule has 0 saturated carbocycles. The maximum Gasteiger partial charge on any atom is 0.251 e. The van der Waals surface area contributed by atoms with Crippen molar-refractivity contribution in [1.82, 2.24) is 5.32 Å². The van der Waals surface area contributed by atoms with E-state index in [0.717, 1.165) is 0 Å². The van der Waals surface area contributed by atoms with E-state index in [1.165, 1.54) is 24.3 Å². The smallest absolute Gasteiger partial charge is 0.251 e. The summed E-state index contributed by atoms with van der Waals surface area (Å²) in [5.41, 5.74) is 0.348. The van der Waals surface area contributed by atoms with Crippen LogP contribution in [0.1, 0.15) is 23.2 Å². The van der Waals surface area contributed by atoms with Gasteiger partial charge in [-0.05, 0) is 30.7 Å². The first-order valence-electron chi connectivity index (χ1n) is 5.16. The molecule has 2 N–H and O–H groups in total. The number of hydrogen-bond donors (Lipinski definition) is 2. The molecule has 0 spiro atoms. The lowest BCUT2D eigenvalue weighted by atomic mass is 10.1. The summed E-state index contributed by atoms with van der Waals surface area (Å²) < 4.78 is 0. The second-order valence-electron chi connectivity index (χ2n) is 3.51. The molecule has 0 fully saturated rings. The fourth-order valence-corrected chi connectivity index (χ4v) is 1.29. The average Bonchev–Trinajstić information content (AvgIpc) is 2.35. The molecule has 0 saturated heterocycles. The van der Waals surface area contributed by atoms with Gasteiger partial charge in [-0.1, -0.05) is 0 Å². The van der Waals surface area contributed by atoms with Crippen LogP contribution in [0.15, 0.2) is 24.3 Å². The van der Waals surface area contributed by atoms with Crippen molar-refractivity contribution in [2.45, 2.75) is 18.9 Å². The van der Waals surface area contributed by atoms with Crippen LogP contribution < -0.4 is 5.32 Å². The number of phenols is 1. The van der Waals surface area contributed by atoms with Crippen molar-refractivity contribution >= 4 is 18.5 Å². The number of carbonyl (C=O) groups excluding carboxylic acids is 3. The van der Waals surface area contributed by atoms with Crippen LogP contribution in [0.25, 0.3) is 0 Å². The van der Waals surface area contributed by atoms with Gasteiger partial charge < -0.3 is 20.0 Å². The van der Waals surface area contributed by atoms with E-state index >= 15 is 0 Å². The van der Waals surface area contributed by atoms with Crippen LogP contribution in [0.4, 0.5) is 0 Å². The Kier molecular flexibility index (Phi) is 4.87. The number of rotatable bonds is 6. The number of hydrogen-bond acceptors (Lipinski definition) is 4. The maximum atomic E-state index is 11.6. The van der Waals surface area contributed by atoms with Crippen molar-refractivity contribution in [3.63, 3.8) is 0 Å². The Morgan fingerprint density at radius 3 is 2.47 bits per heavy atom. The zero-order valence-corrected chi connectivity index (χ0v) is 9.13. The van der Waals surface area contributed by atoms with Crippen LogP contribution >= 0.6 is 0 Å². The number of benzene rings is 1. The third-order valence-corrected chi connectivity index (χ3v) is 2.21. The van der Waals surface area contributed by atoms with Crippen LogP contribution in [0.3, 0.4) is 0 Å². The standard InChI is InChI=1S/C12H13NO4/c14-7-1-2-10(8-15)13-12(17)9-3-5-11(16)6-4-9/h3-8,10,16H,1-2H2,(H,13,17)/t10-/m0/s1. The van der Waals surface area contributed by atoms with Gasteiger partial charge in [0.1, 0.15) is 18.3 Å². The molecule has 0 bridgehead atoms. The number of phenolic OH excluding ortho intramolecular Hbond substituents is 1. The Hall–Kier alpha value is -2.17. The van der Waals surface area contributed by atoms with Crippen molar-refractivity contribution in [2.75, 3.05) is 0 Å². The normalized spacial score (nSPS) is 11.5. The van der Waals surface area contributed by atoms with Crippen molar-refractivity contribution in [1.29, 1.82) is 0 Å². The highest BCUT2D eigenvalue weighted by atomic mass is 16.3. The first kappa shape index (κ1) is 12.9. The van der Waals surface area contributed by atoms with Gasteiger partial charge in [0.05, 0.1) is 6.04 Å². The molecular formula is C12H13NO4. The van der Waals surface area contributed by atoms with E-state index in [9.17, 15) is 14.4 Å². The van der Waals surface area contributed by atoms with E-state index in [-0.39, 0.29) is 18.6 Å². The Morgan fingerprint density at radius 1 is 1.29 bits per heavy atom. The minimum absolute atomic E-state index is 0.0643. The van der Waals surface area contributed by atoms with Gasteiger partial charge in [0.15, 0.2) is 0 Å². The summed E-state index contributed by atoms with van der Waals surface area (Å²) in [7, 11) is 0. The minimum Gasteiger partial charge on any atom is -0.508 e. The Labute approximate surface area is 98.4 Å². The quantitative estimate of drug-likeness (QED) is 0.710. The second-order valence-corrected chi connectivity index (χ2v) is 3.51. The summed E-state index contributed by atoms with van der Waals surface area (Å²) in [6.45, 7) is 0. The number of aldehydes is 2. The molecule has 1 aromatic rings. The molecule has 0 aliphatic carbocycles. The van der Waals surface area contributed by atoms with Gasteiger partial charge in [-0.2, -0.15) is 0 Å². The topological polar surface area (TPSA) is 83.5 Å². The summed E-state index contributed by atoms with van der Waals surface area (Å²) in [6, 6.07) is 5.01. The average molecular weight is 235 g/mol. The molecule has 0 heterocycles. The molecule has 0 aromatic heterocycles. The SMILES string of the molecule is O=CCC[C@@H](C=O)NC(=O)c1ccc(O)cc1. The van der Waals surface area contributed by atoms with Crippen LogP contribution in [-0.2, 0) is 9.59 Å². The predicted octanol–water partition coefficient (Wildman–Crippen LogP) is 0.669. The molecule has 5 heteroatoms. The molecule has 0 aliphatic rings. The first-order valence-corrected chi connectivity index (χ1v) is 5.16. The fourth-order valence-electron chi connectivity index (χ4n) is 1.29. The largest absolute Gasteiger partial charge is 0.508 e. The zero-order chi connectivity index (χ0) is 12.7. The van der Waals surface area contributed by atoms with Gasteiger partial charge in [0.2, 0.25) is 0 Å². The Bertz CT molecular complexity index is 399. The van der Waals surface area contributed by atoms with E-state index in [2.05, 4.69) is 5.32 Å². The Balaban J connectivity index is 2.60. The molecule has 1 aromatic carbocycles. The molecule has 0 radical (unpaired) electrons. The van der Waals surface area contributed by atoms with E-state index in [1.54, 1.807) is 0 Å². The highest BCUT2D eigenvalue weighted by molar-refractivity contribution is 5.95. The highest BCUT2D eigenvalue weighted by Crippen LogP contribution is 2.09. The molecule has 1 amide bonds. The van der Waals surface area contributed by atoms with Crippen LogP contribution in [-0.4, -0.2) is 29.6 Å². The van der Waals surface area contributed by atoms with E-state index in [1.807, 2.05) is 0 Å². The number of aromatic hydroxyl groups is 1. The van der Waals surface area contributed by atoms with E-state index in [0.29, 0.717) is 18.1 Å². The van der Waals surface area contributed by atoms with Crippen LogP contribution in [0, 0.1) is 0 Å². The van der Waals surface area contributed by atoms with Crippen molar-refractivity contribution in [3.8, 4) is 5.75 Å². The third kappa shape index (κ3) is 4.06. The van der Waals surface area contributed by atoms with Crippen molar-refractivity contribution in [2.24, 2.45) is 0 Å². The van der Waals surface area contributed by atoms with Crippen molar-refractivity contribution in [3.05, 3.63) is 29.8 Å². The lowest BCUT2D eigenvalue weighted by Gasteiger charge is -2.11. The van der Waals surface area contributed by atoms with Gasteiger partial charge in [-0.3, -0.25) is 4.79 Å². The monoisotopic (exact) mass is 235 g/mol. The molecule has 1 atom stereocenters. The van der Waals surface area contributed by atoms with Gasteiger partial charge in [-0.15, -0.1) is 0 Å². The molecule has 17 heavy (non-hydrogen) atoms. The minimum atomic E-state index is -0.665. The summed E-state index contributed by atoms with van der Waals surface area (Å²) in [6.07, 6.45) is 1.81. The highest BCUT2D eigenvalue weighted by Gasteiger charge is 2.12. The lowest BCUT2D eigenvalue weighted by molar-refractivity contribution is -0.110. The number of nitrogens with one attached hydrogen (secondary N) is 1. The van der Waals surface area contributed by atoms with Gasteiger partial charge in [0.25, 0.3) is 5.91 Å². The third-order valence-electron chi connectivity index (χ3n) is 2.21. The maximum absolute atomic E-state index is 11.6. The summed E-state index contributed by atoms with van der Waals surface area (Å²) in [5.74, 6) is -0.345. The molecular weight excluding hydrogens is 222 g/mol. The van der Waals surface area contributed by atoms with Gasteiger partial charge in [-0.25, -0.2) is 0 Å². The Morgan fingerprint density at radius 2 is 1.94 bits per heavy atom. The second kappa shape index (κ2) is 6.42. The number of carbonyl (C=O) groups is 3. The molecule has 5 nitrogen and oxygen atoms in total. The molecule has 90 valence electrons. The van der Waals surface area contributed by atoms with Gasteiger partial charge >= 0.3 is 0 Å². The molecule has 1 rings (SSSR count). The van der Waals surface area contributed by atoms with E-state index in [4.69, 9.17) is 5.11 Å². The van der Waals surface area contributed by atoms with Crippen molar-refractivity contribution < 1.29 is 19.5 Å². The number of amides is 1. The molecule has 0 aliphatic heterocycles. The summed E-state index contributed by atoms with van der Waals surface area (Å²) in [4.78, 5) is 32.5. The first-order chi connectivity index (χ1) is 8.17. The van der Waals surface area contributed by atoms with Crippen LogP contribution in [0.2, 0.25) is 0 Å². The molecule has 0 unspecified atom stereocenters. The summed E-state index contributed by atoms with van der Waals surface area (Å²) in [5, 5.41) is 11.5. The predicted molar refractivity (Wildman–Crippen MR) is 60.7 cm³/mol. The van der Waals surface area contributed by atoms with Gasteiger partial charge in [0, 0.05) is 12.0 Å². The fraction of sp³-hybridized carbons (Fsp3) is 0.250. The van der Waals surface area contributed by atoms with Crippen LogP contribution in [0.5, 0.6) is 5.75 Å². The lowest BCUT2D eigenvalue weighted by Crippen LogP contribution is -2.36.